The van der Waals surface area contributed by atoms with Crippen molar-refractivity contribution < 1.29 is 33.1 Å². The third-order valence-electron chi connectivity index (χ3n) is 5.35. The van der Waals surface area contributed by atoms with Gasteiger partial charge in [-0.3, -0.25) is 29.4 Å². The summed E-state index contributed by atoms with van der Waals surface area (Å²) in [7, 11) is 0. The van der Waals surface area contributed by atoms with E-state index in [1.807, 2.05) is 6.92 Å². The minimum atomic E-state index is -0.802. The van der Waals surface area contributed by atoms with Gasteiger partial charge in [-0.2, -0.15) is 0 Å². The number of hydrogen-bond acceptors (Lipinski definition) is 7. The second-order valence-electron chi connectivity index (χ2n) is 7.47. The van der Waals surface area contributed by atoms with Gasteiger partial charge >= 0.3 is 5.97 Å². The van der Waals surface area contributed by atoms with Crippen molar-refractivity contribution in [1.29, 1.82) is 0 Å². The molecule has 2 heterocycles. The summed E-state index contributed by atoms with van der Waals surface area (Å²) in [6.07, 6.45) is 0.603. The minimum Gasteiger partial charge on any atom is -0.462 e. The molecule has 0 bridgehead atoms. The Morgan fingerprint density at radius 1 is 1.09 bits per heavy atom. The van der Waals surface area contributed by atoms with E-state index in [0.717, 1.165) is 0 Å². The quantitative estimate of drug-likeness (QED) is 0.396. The van der Waals surface area contributed by atoms with Crippen LogP contribution in [0.1, 0.15) is 91.7 Å². The topological polar surface area (TPSA) is 123 Å². The maximum absolute atomic E-state index is 12.9. The van der Waals surface area contributed by atoms with Crippen LogP contribution in [0.25, 0.3) is 0 Å². The number of ether oxygens (including phenoxy) is 1. The van der Waals surface area contributed by atoms with Crippen LogP contribution < -0.4 is 5.32 Å². The van der Waals surface area contributed by atoms with Crippen LogP contribution in [0.2, 0.25) is 0 Å². The number of anilines is 1. The number of aryl methyl sites for hydroxylation is 1. The molecular formula is C23H24N2O7. The number of imide groups is 1. The Morgan fingerprint density at radius 2 is 1.75 bits per heavy atom. The van der Waals surface area contributed by atoms with Crippen molar-refractivity contribution in [2.45, 2.75) is 47.1 Å². The van der Waals surface area contributed by atoms with Crippen molar-refractivity contribution in [3.05, 3.63) is 51.8 Å². The van der Waals surface area contributed by atoms with Crippen LogP contribution in [-0.4, -0.2) is 47.0 Å². The predicted octanol–water partition coefficient (Wildman–Crippen LogP) is 3.61. The number of carbonyl (C=O) groups excluding carboxylic acids is 5. The van der Waals surface area contributed by atoms with E-state index < -0.39 is 29.5 Å². The van der Waals surface area contributed by atoms with Gasteiger partial charge in [0.25, 0.3) is 17.7 Å². The zero-order valence-electron chi connectivity index (χ0n) is 18.5. The molecule has 9 heteroatoms. The van der Waals surface area contributed by atoms with E-state index in [9.17, 15) is 24.0 Å². The van der Waals surface area contributed by atoms with Crippen LogP contribution >= 0.6 is 0 Å². The number of rotatable bonds is 7. The molecule has 0 saturated heterocycles. The number of carbonyl (C=O) groups is 5. The molecule has 1 aromatic heterocycles. The first-order chi connectivity index (χ1) is 15.1. The Hall–Kier alpha value is -3.75. The molecule has 9 nitrogen and oxygen atoms in total. The summed E-state index contributed by atoms with van der Waals surface area (Å²) in [6, 6.07) is 3.89. The highest BCUT2D eigenvalue weighted by Crippen LogP contribution is 2.30. The lowest BCUT2D eigenvalue weighted by Crippen LogP contribution is -2.37. The highest BCUT2D eigenvalue weighted by Gasteiger charge is 2.38. The molecular weight excluding hydrogens is 416 g/mol. The van der Waals surface area contributed by atoms with Crippen LogP contribution in [0.15, 0.2) is 22.6 Å². The zero-order chi connectivity index (χ0) is 23.7. The predicted molar refractivity (Wildman–Crippen MR) is 114 cm³/mol. The molecule has 0 radical (unpaired) electrons. The second kappa shape index (κ2) is 8.78. The van der Waals surface area contributed by atoms with Gasteiger partial charge < -0.3 is 9.15 Å². The number of fused-ring (bicyclic) bond motifs is 1. The molecule has 1 N–H and O–H groups in total. The number of ketones is 1. The average Bonchev–Trinajstić information content (AvgIpc) is 3.20. The number of nitrogens with zero attached hydrogens (tertiary/aromatic N) is 1. The van der Waals surface area contributed by atoms with E-state index >= 15 is 0 Å². The zero-order valence-corrected chi connectivity index (χ0v) is 18.5. The van der Waals surface area contributed by atoms with Crippen molar-refractivity contribution in [2.75, 3.05) is 11.9 Å². The third kappa shape index (κ3) is 3.81. The van der Waals surface area contributed by atoms with E-state index in [4.69, 9.17) is 9.15 Å². The average molecular weight is 440 g/mol. The lowest BCUT2D eigenvalue weighted by molar-refractivity contribution is 0.0522. The molecule has 1 aliphatic heterocycles. The fraction of sp³-hybridized carbons (Fsp3) is 0.348. The summed E-state index contributed by atoms with van der Waals surface area (Å²) in [5.74, 6) is -2.82. The van der Waals surface area contributed by atoms with Crippen molar-refractivity contribution >= 4 is 35.4 Å². The molecule has 0 fully saturated rings. The van der Waals surface area contributed by atoms with Crippen molar-refractivity contribution in [2.24, 2.45) is 0 Å². The molecule has 1 atom stereocenters. The van der Waals surface area contributed by atoms with Crippen LogP contribution in [0.5, 0.6) is 0 Å². The van der Waals surface area contributed by atoms with Crippen LogP contribution in [0, 0.1) is 6.92 Å². The fourth-order valence-electron chi connectivity index (χ4n) is 3.61. The fourth-order valence-corrected chi connectivity index (χ4v) is 3.61. The van der Waals surface area contributed by atoms with Crippen LogP contribution in [0.3, 0.4) is 0 Å². The Morgan fingerprint density at radius 3 is 2.34 bits per heavy atom. The van der Waals surface area contributed by atoms with Crippen LogP contribution in [0.4, 0.5) is 5.88 Å². The first-order valence-electron chi connectivity index (χ1n) is 10.3. The Kier molecular flexibility index (Phi) is 6.29. The number of furan rings is 1. The van der Waals surface area contributed by atoms with E-state index in [0.29, 0.717) is 6.42 Å². The summed E-state index contributed by atoms with van der Waals surface area (Å²) >= 11 is 0. The Balaban J connectivity index is 1.95. The number of Topliss-reactive ketones (excluding diaryl/α,β-unsaturated/α-hetero) is 1. The molecule has 0 saturated carbocycles. The summed E-state index contributed by atoms with van der Waals surface area (Å²) in [6.45, 7) is 8.10. The summed E-state index contributed by atoms with van der Waals surface area (Å²) in [4.78, 5) is 63.8. The molecule has 1 aromatic carbocycles. The van der Waals surface area contributed by atoms with Crippen molar-refractivity contribution in [3.8, 4) is 0 Å². The summed E-state index contributed by atoms with van der Waals surface area (Å²) in [5.41, 5.74) is 0.308. The maximum Gasteiger partial charge on any atom is 0.344 e. The van der Waals surface area contributed by atoms with E-state index in [1.165, 1.54) is 36.9 Å². The second-order valence-corrected chi connectivity index (χ2v) is 7.47. The third-order valence-corrected chi connectivity index (χ3v) is 5.35. The van der Waals surface area contributed by atoms with Crippen LogP contribution in [-0.2, 0) is 4.74 Å². The molecule has 32 heavy (non-hydrogen) atoms. The highest BCUT2D eigenvalue weighted by atomic mass is 16.5. The first-order valence-corrected chi connectivity index (χ1v) is 10.3. The molecule has 3 rings (SSSR count). The van der Waals surface area contributed by atoms with Gasteiger partial charge in [-0.1, -0.05) is 6.92 Å². The van der Waals surface area contributed by atoms with Gasteiger partial charge in [-0.15, -0.1) is 0 Å². The van der Waals surface area contributed by atoms with Gasteiger partial charge in [0.2, 0.25) is 5.88 Å². The van der Waals surface area contributed by atoms with Crippen molar-refractivity contribution in [1.82, 2.24) is 4.90 Å². The number of esters is 1. The minimum absolute atomic E-state index is 0.0256. The molecule has 3 amide bonds. The number of benzene rings is 1. The summed E-state index contributed by atoms with van der Waals surface area (Å²) < 4.78 is 10.5. The Labute approximate surface area is 184 Å². The van der Waals surface area contributed by atoms with E-state index in [1.54, 1.807) is 13.8 Å². The highest BCUT2D eigenvalue weighted by molar-refractivity contribution is 6.22. The standard InChI is InChI=1S/C23H24N2O7/c1-6-11(3)25-21(28)15-9-8-14(10-16(15)22(25)29)19(27)24-20-18(23(30)31-7-2)17(12(4)26)13(5)32-20/h8-11H,6-7H2,1-5H3,(H,24,27). The number of hydrogen-bond donors (Lipinski definition) is 1. The van der Waals surface area contributed by atoms with Gasteiger partial charge in [0, 0.05) is 11.6 Å². The molecule has 2 aromatic rings. The first kappa shape index (κ1) is 22.9. The van der Waals surface area contributed by atoms with Gasteiger partial charge in [0.15, 0.2) is 5.78 Å². The normalized spacial score (nSPS) is 13.7. The molecule has 1 aliphatic rings. The maximum atomic E-state index is 12.9. The molecule has 168 valence electrons. The SMILES string of the molecule is CCOC(=O)c1c(NC(=O)c2ccc3c(c2)C(=O)N(C(C)CC)C3=O)oc(C)c1C(C)=O. The lowest BCUT2D eigenvalue weighted by Gasteiger charge is -2.20. The number of nitrogens with one attached hydrogen (secondary N) is 1. The molecule has 1 unspecified atom stereocenters. The van der Waals surface area contributed by atoms with Gasteiger partial charge in [-0.05, 0) is 52.3 Å². The van der Waals surface area contributed by atoms with Gasteiger partial charge in [0.1, 0.15) is 11.3 Å². The molecule has 0 aliphatic carbocycles. The van der Waals surface area contributed by atoms with E-state index in [2.05, 4.69) is 5.32 Å². The van der Waals surface area contributed by atoms with Crippen molar-refractivity contribution in [3.63, 3.8) is 0 Å². The van der Waals surface area contributed by atoms with E-state index in [-0.39, 0.29) is 52.1 Å². The van der Waals surface area contributed by atoms with Gasteiger partial charge in [0.05, 0.1) is 23.3 Å². The summed E-state index contributed by atoms with van der Waals surface area (Å²) in [5, 5.41) is 2.48. The largest absolute Gasteiger partial charge is 0.462 e. The Bertz CT molecular complexity index is 1150. The number of amides is 3. The molecule has 0 spiro atoms. The van der Waals surface area contributed by atoms with Gasteiger partial charge in [-0.25, -0.2) is 4.79 Å². The monoisotopic (exact) mass is 440 g/mol. The lowest BCUT2D eigenvalue weighted by atomic mass is 10.0. The smallest absolute Gasteiger partial charge is 0.344 e.